The van der Waals surface area contributed by atoms with E-state index in [0.717, 1.165) is 43.5 Å². The van der Waals surface area contributed by atoms with Crippen LogP contribution < -0.4 is 4.74 Å². The summed E-state index contributed by atoms with van der Waals surface area (Å²) < 4.78 is 18.0. The fourth-order valence-corrected chi connectivity index (χ4v) is 4.50. The summed E-state index contributed by atoms with van der Waals surface area (Å²) in [6, 6.07) is 17.0. The lowest BCUT2D eigenvalue weighted by Gasteiger charge is -2.29. The van der Waals surface area contributed by atoms with Crippen molar-refractivity contribution in [2.24, 2.45) is 11.8 Å². The van der Waals surface area contributed by atoms with Crippen LogP contribution in [0, 0.1) is 11.8 Å². The minimum atomic E-state index is -0.234. The number of unbranched alkanes of at least 4 members (excludes halogenated alkanes) is 5. The standard InChI is InChI=1S/C31H46O3/c1-4-6-7-10-13-26-23-33-31(34-24-26)29-16-14-27(15-17-29)28-18-20-30(21-19-28)32-22-11-8-9-12-25(3)5-2/h14-21,25-26,31H,4-13,22-24H2,1-3H3/t25-,26?,31?/m0/s1. The molecule has 3 heteroatoms. The molecular weight excluding hydrogens is 420 g/mol. The van der Waals surface area contributed by atoms with Crippen LogP contribution in [0.25, 0.3) is 11.1 Å². The highest BCUT2D eigenvalue weighted by Gasteiger charge is 2.23. The number of benzene rings is 2. The Balaban J connectivity index is 1.38. The van der Waals surface area contributed by atoms with E-state index in [1.54, 1.807) is 0 Å². The smallest absolute Gasteiger partial charge is 0.183 e. The normalized spacial score (nSPS) is 19.1. The summed E-state index contributed by atoms with van der Waals surface area (Å²) in [6.45, 7) is 9.28. The zero-order chi connectivity index (χ0) is 24.0. The predicted octanol–water partition coefficient (Wildman–Crippen LogP) is 8.97. The topological polar surface area (TPSA) is 27.7 Å². The maximum atomic E-state index is 6.04. The van der Waals surface area contributed by atoms with Gasteiger partial charge in [0.2, 0.25) is 0 Å². The molecule has 2 aromatic rings. The molecule has 3 rings (SSSR count). The first kappa shape index (κ1) is 26.8. The van der Waals surface area contributed by atoms with Crippen molar-refractivity contribution < 1.29 is 14.2 Å². The van der Waals surface area contributed by atoms with E-state index in [-0.39, 0.29) is 6.29 Å². The molecule has 1 heterocycles. The van der Waals surface area contributed by atoms with E-state index in [1.165, 1.54) is 68.9 Å². The van der Waals surface area contributed by atoms with E-state index >= 15 is 0 Å². The Morgan fingerprint density at radius 2 is 1.44 bits per heavy atom. The molecule has 0 saturated carbocycles. The summed E-state index contributed by atoms with van der Waals surface area (Å²) in [6.07, 6.45) is 12.5. The Bertz CT molecular complexity index is 775. The van der Waals surface area contributed by atoms with Gasteiger partial charge in [-0.25, -0.2) is 0 Å². The largest absolute Gasteiger partial charge is 0.494 e. The first-order valence-corrected chi connectivity index (χ1v) is 13.8. The minimum Gasteiger partial charge on any atom is -0.494 e. The molecule has 1 saturated heterocycles. The molecule has 0 N–H and O–H groups in total. The highest BCUT2D eigenvalue weighted by Crippen LogP contribution is 2.30. The summed E-state index contributed by atoms with van der Waals surface area (Å²) in [5, 5.41) is 0. The van der Waals surface area contributed by atoms with Crippen molar-refractivity contribution >= 4 is 0 Å². The van der Waals surface area contributed by atoms with Gasteiger partial charge in [-0.05, 0) is 42.0 Å². The molecule has 1 fully saturated rings. The van der Waals surface area contributed by atoms with Crippen molar-refractivity contribution in [1.82, 2.24) is 0 Å². The summed E-state index contributed by atoms with van der Waals surface area (Å²) in [5.74, 6) is 2.34. The SMILES string of the molecule is CCCCCCC1COC(c2ccc(-c3ccc(OCCCCC[C@@H](C)CC)cc3)cc2)OC1. The lowest BCUT2D eigenvalue weighted by atomic mass is 10.0. The number of rotatable bonds is 15. The Morgan fingerprint density at radius 3 is 2.09 bits per heavy atom. The van der Waals surface area contributed by atoms with Gasteiger partial charge in [0.05, 0.1) is 19.8 Å². The van der Waals surface area contributed by atoms with E-state index in [4.69, 9.17) is 14.2 Å². The second-order valence-corrected chi connectivity index (χ2v) is 10.1. The minimum absolute atomic E-state index is 0.234. The third-order valence-electron chi connectivity index (χ3n) is 7.11. The predicted molar refractivity (Wildman–Crippen MR) is 142 cm³/mol. The number of ether oxygens (including phenoxy) is 3. The fourth-order valence-electron chi connectivity index (χ4n) is 4.50. The molecule has 0 amide bonds. The van der Waals surface area contributed by atoms with Crippen LogP contribution in [0.5, 0.6) is 5.75 Å². The Morgan fingerprint density at radius 1 is 0.794 bits per heavy atom. The summed E-state index contributed by atoms with van der Waals surface area (Å²) in [4.78, 5) is 0. The molecule has 0 unspecified atom stereocenters. The van der Waals surface area contributed by atoms with Crippen LogP contribution in [-0.4, -0.2) is 19.8 Å². The van der Waals surface area contributed by atoms with Gasteiger partial charge in [-0.15, -0.1) is 0 Å². The Labute approximate surface area is 208 Å². The lowest BCUT2D eigenvalue weighted by Crippen LogP contribution is -2.27. The van der Waals surface area contributed by atoms with Gasteiger partial charge in [-0.3, -0.25) is 0 Å². The Hall–Kier alpha value is -1.84. The summed E-state index contributed by atoms with van der Waals surface area (Å²) in [7, 11) is 0. The molecule has 34 heavy (non-hydrogen) atoms. The average Bonchev–Trinajstić information content (AvgIpc) is 2.89. The number of hydrogen-bond acceptors (Lipinski definition) is 3. The zero-order valence-electron chi connectivity index (χ0n) is 21.8. The van der Waals surface area contributed by atoms with Gasteiger partial charge >= 0.3 is 0 Å². The van der Waals surface area contributed by atoms with Gasteiger partial charge in [-0.1, -0.05) is 109 Å². The molecule has 0 aliphatic carbocycles. The highest BCUT2D eigenvalue weighted by atomic mass is 16.7. The van der Waals surface area contributed by atoms with Crippen molar-refractivity contribution in [2.45, 2.75) is 91.3 Å². The van der Waals surface area contributed by atoms with Crippen molar-refractivity contribution in [3.05, 3.63) is 54.1 Å². The second kappa shape index (κ2) is 15.2. The first-order valence-electron chi connectivity index (χ1n) is 13.8. The molecule has 1 aliphatic rings. The Kier molecular flexibility index (Phi) is 12.0. The summed E-state index contributed by atoms with van der Waals surface area (Å²) in [5.41, 5.74) is 3.50. The molecular formula is C31H46O3. The second-order valence-electron chi connectivity index (χ2n) is 10.1. The third kappa shape index (κ3) is 9.07. The van der Waals surface area contributed by atoms with Crippen LogP contribution in [0.4, 0.5) is 0 Å². The van der Waals surface area contributed by atoms with Gasteiger partial charge in [0.15, 0.2) is 6.29 Å². The van der Waals surface area contributed by atoms with E-state index in [9.17, 15) is 0 Å². The molecule has 1 atom stereocenters. The molecule has 0 bridgehead atoms. The van der Waals surface area contributed by atoms with Crippen LogP contribution in [0.3, 0.4) is 0 Å². The molecule has 3 nitrogen and oxygen atoms in total. The third-order valence-corrected chi connectivity index (χ3v) is 7.11. The van der Waals surface area contributed by atoms with Gasteiger partial charge in [0, 0.05) is 11.5 Å². The monoisotopic (exact) mass is 466 g/mol. The molecule has 0 aromatic heterocycles. The van der Waals surface area contributed by atoms with E-state index in [1.807, 2.05) is 0 Å². The van der Waals surface area contributed by atoms with Gasteiger partial charge in [0.1, 0.15) is 5.75 Å². The molecule has 2 aromatic carbocycles. The van der Waals surface area contributed by atoms with Crippen LogP contribution in [0.2, 0.25) is 0 Å². The van der Waals surface area contributed by atoms with Gasteiger partial charge < -0.3 is 14.2 Å². The van der Waals surface area contributed by atoms with Crippen molar-refractivity contribution in [1.29, 1.82) is 0 Å². The average molecular weight is 467 g/mol. The van der Waals surface area contributed by atoms with Gasteiger partial charge in [-0.2, -0.15) is 0 Å². The molecule has 188 valence electrons. The fraction of sp³-hybridized carbons (Fsp3) is 0.613. The van der Waals surface area contributed by atoms with E-state index in [0.29, 0.717) is 5.92 Å². The van der Waals surface area contributed by atoms with E-state index in [2.05, 4.69) is 69.3 Å². The van der Waals surface area contributed by atoms with Gasteiger partial charge in [0.25, 0.3) is 0 Å². The van der Waals surface area contributed by atoms with Crippen molar-refractivity contribution in [3.8, 4) is 16.9 Å². The van der Waals surface area contributed by atoms with Crippen LogP contribution in [0.15, 0.2) is 48.5 Å². The van der Waals surface area contributed by atoms with Crippen molar-refractivity contribution in [3.63, 3.8) is 0 Å². The summed E-state index contributed by atoms with van der Waals surface area (Å²) >= 11 is 0. The van der Waals surface area contributed by atoms with E-state index < -0.39 is 0 Å². The van der Waals surface area contributed by atoms with Crippen LogP contribution >= 0.6 is 0 Å². The van der Waals surface area contributed by atoms with Crippen LogP contribution in [-0.2, 0) is 9.47 Å². The van der Waals surface area contributed by atoms with Crippen LogP contribution in [0.1, 0.15) is 96.8 Å². The molecule has 0 spiro atoms. The number of hydrogen-bond donors (Lipinski definition) is 0. The maximum Gasteiger partial charge on any atom is 0.183 e. The first-order chi connectivity index (χ1) is 16.7. The van der Waals surface area contributed by atoms with Crippen molar-refractivity contribution in [2.75, 3.05) is 19.8 Å². The quantitative estimate of drug-likeness (QED) is 0.245. The maximum absolute atomic E-state index is 6.04. The molecule has 0 radical (unpaired) electrons. The highest BCUT2D eigenvalue weighted by molar-refractivity contribution is 5.64. The lowest BCUT2D eigenvalue weighted by molar-refractivity contribution is -0.206. The zero-order valence-corrected chi connectivity index (χ0v) is 21.8. The molecule has 1 aliphatic heterocycles.